The molecule has 45 heavy (non-hydrogen) atoms. The maximum atomic E-state index is 15.8. The topological polar surface area (TPSA) is 109 Å². The van der Waals surface area contributed by atoms with Crippen LogP contribution in [-0.4, -0.2) is 55.7 Å². The van der Waals surface area contributed by atoms with Crippen molar-refractivity contribution in [3.63, 3.8) is 0 Å². The van der Waals surface area contributed by atoms with E-state index in [-0.39, 0.29) is 11.9 Å². The van der Waals surface area contributed by atoms with Crippen molar-refractivity contribution in [2.45, 2.75) is 83.0 Å². The van der Waals surface area contributed by atoms with Crippen LogP contribution in [0.1, 0.15) is 52.0 Å². The van der Waals surface area contributed by atoms with E-state index in [2.05, 4.69) is 10.2 Å². The van der Waals surface area contributed by atoms with E-state index < -0.39 is 35.8 Å². The third-order valence-corrected chi connectivity index (χ3v) is 8.11. The molecular formula is C34H37FN4O6. The van der Waals surface area contributed by atoms with Crippen LogP contribution in [0.4, 0.5) is 9.18 Å². The zero-order chi connectivity index (χ0) is 31.7. The molecule has 4 atom stereocenters. The standard InChI is InChI=1S/C34H37FN4O6/c1-34(2,3)45-33(41)39-23-11-8-12-26(39)31(35)28(18-23)43-30-16-15-25(36-37-30)24-14-13-22(29-19-38(4)32(40)44-29)17-27(24)42-20-21-9-6-5-7-10-21/h5-7,9-10,13-17,19,23,26,28,31H,8,11-12,18,20H2,1-4H3. The van der Waals surface area contributed by atoms with Gasteiger partial charge in [0.1, 0.15) is 24.1 Å². The molecule has 4 heterocycles. The Morgan fingerprint density at radius 3 is 2.56 bits per heavy atom. The fourth-order valence-corrected chi connectivity index (χ4v) is 5.99. The Labute approximate surface area is 260 Å². The Balaban J connectivity index is 1.21. The zero-order valence-corrected chi connectivity index (χ0v) is 25.8. The summed E-state index contributed by atoms with van der Waals surface area (Å²) in [5.74, 6) is 0.676. The molecule has 6 rings (SSSR count). The lowest BCUT2D eigenvalue weighted by molar-refractivity contribution is -0.0802. The minimum atomic E-state index is -1.39. The second-order valence-electron chi connectivity index (χ2n) is 12.6. The molecule has 4 aromatic rings. The van der Waals surface area contributed by atoms with Gasteiger partial charge in [-0.05, 0) is 63.8 Å². The van der Waals surface area contributed by atoms with Gasteiger partial charge in [-0.15, -0.1) is 10.2 Å². The summed E-state index contributed by atoms with van der Waals surface area (Å²) in [6, 6.07) is 17.8. The molecule has 2 aliphatic heterocycles. The van der Waals surface area contributed by atoms with E-state index in [9.17, 15) is 9.59 Å². The van der Waals surface area contributed by atoms with Gasteiger partial charge in [-0.2, -0.15) is 0 Å². The van der Waals surface area contributed by atoms with Gasteiger partial charge in [-0.3, -0.25) is 9.47 Å². The van der Waals surface area contributed by atoms with Crippen molar-refractivity contribution in [3.05, 3.63) is 83.0 Å². The van der Waals surface area contributed by atoms with E-state index in [1.54, 1.807) is 57.1 Å². The molecule has 1 amide bonds. The van der Waals surface area contributed by atoms with Gasteiger partial charge in [0.2, 0.25) is 5.88 Å². The van der Waals surface area contributed by atoms with Crippen LogP contribution in [0.3, 0.4) is 0 Å². The van der Waals surface area contributed by atoms with E-state index in [1.807, 2.05) is 42.5 Å². The normalized spacial score (nSPS) is 21.3. The number of piperidine rings is 2. The number of hydrogen-bond acceptors (Lipinski definition) is 8. The number of nitrogens with zero attached hydrogens (tertiary/aromatic N) is 4. The molecule has 4 unspecified atom stereocenters. The predicted molar refractivity (Wildman–Crippen MR) is 165 cm³/mol. The van der Waals surface area contributed by atoms with Gasteiger partial charge in [0, 0.05) is 36.7 Å². The van der Waals surface area contributed by atoms with E-state index in [0.717, 1.165) is 18.4 Å². The zero-order valence-electron chi connectivity index (χ0n) is 25.8. The average molecular weight is 617 g/mol. The molecule has 2 aromatic carbocycles. The minimum absolute atomic E-state index is 0.167. The summed E-state index contributed by atoms with van der Waals surface area (Å²) in [5, 5.41) is 8.66. The van der Waals surface area contributed by atoms with Crippen LogP contribution >= 0.6 is 0 Å². The van der Waals surface area contributed by atoms with Crippen molar-refractivity contribution in [2.24, 2.45) is 7.05 Å². The Morgan fingerprint density at radius 1 is 1.07 bits per heavy atom. The number of alkyl halides is 1. The van der Waals surface area contributed by atoms with Crippen molar-refractivity contribution < 1.29 is 27.8 Å². The number of carbonyl (C=O) groups is 1. The molecular weight excluding hydrogens is 579 g/mol. The van der Waals surface area contributed by atoms with Crippen LogP contribution < -0.4 is 15.2 Å². The number of carbonyl (C=O) groups excluding carboxylic acids is 1. The number of fused-ring (bicyclic) bond motifs is 2. The first-order valence-electron chi connectivity index (χ1n) is 15.2. The summed E-state index contributed by atoms with van der Waals surface area (Å²) in [6.45, 7) is 5.73. The van der Waals surface area contributed by atoms with Gasteiger partial charge in [0.25, 0.3) is 0 Å². The molecule has 2 saturated heterocycles. The van der Waals surface area contributed by atoms with E-state index in [1.165, 1.54) is 4.57 Å². The smallest absolute Gasteiger partial charge is 0.419 e. The summed E-state index contributed by atoms with van der Waals surface area (Å²) < 4.78 is 40.4. The Morgan fingerprint density at radius 2 is 1.87 bits per heavy atom. The monoisotopic (exact) mass is 616 g/mol. The number of oxazole rings is 1. The van der Waals surface area contributed by atoms with Gasteiger partial charge in [-0.1, -0.05) is 36.4 Å². The highest BCUT2D eigenvalue weighted by molar-refractivity contribution is 5.73. The number of halogens is 1. The lowest BCUT2D eigenvalue weighted by Crippen LogP contribution is -2.63. The van der Waals surface area contributed by atoms with E-state index in [0.29, 0.717) is 47.8 Å². The molecule has 10 nitrogen and oxygen atoms in total. The molecule has 2 fully saturated rings. The molecule has 0 N–H and O–H groups in total. The molecule has 0 radical (unpaired) electrons. The first kappa shape index (κ1) is 30.4. The fourth-order valence-electron chi connectivity index (χ4n) is 5.99. The highest BCUT2D eigenvalue weighted by Gasteiger charge is 2.50. The maximum absolute atomic E-state index is 15.8. The summed E-state index contributed by atoms with van der Waals surface area (Å²) in [7, 11) is 1.62. The van der Waals surface area contributed by atoms with Crippen molar-refractivity contribution in [3.8, 4) is 34.2 Å². The maximum Gasteiger partial charge on any atom is 0.419 e. The summed E-state index contributed by atoms with van der Waals surface area (Å²) in [5.41, 5.74) is 2.20. The van der Waals surface area contributed by atoms with Crippen LogP contribution in [0.15, 0.2) is 76.1 Å². The summed E-state index contributed by atoms with van der Waals surface area (Å²) >= 11 is 0. The average Bonchev–Trinajstić information content (AvgIpc) is 3.36. The van der Waals surface area contributed by atoms with Gasteiger partial charge >= 0.3 is 11.8 Å². The minimum Gasteiger partial charge on any atom is -0.488 e. The molecule has 2 bridgehead atoms. The first-order valence-corrected chi connectivity index (χ1v) is 15.2. The lowest BCUT2D eigenvalue weighted by atomic mass is 9.82. The highest BCUT2D eigenvalue weighted by Crippen LogP contribution is 2.39. The number of aryl methyl sites for hydroxylation is 1. The largest absolute Gasteiger partial charge is 0.488 e. The predicted octanol–water partition coefficient (Wildman–Crippen LogP) is 6.33. The van der Waals surface area contributed by atoms with Crippen molar-refractivity contribution in [1.29, 1.82) is 0 Å². The molecule has 0 spiro atoms. The van der Waals surface area contributed by atoms with Crippen LogP contribution in [-0.2, 0) is 18.4 Å². The quantitative estimate of drug-likeness (QED) is 0.237. The number of ether oxygens (including phenoxy) is 3. The third-order valence-electron chi connectivity index (χ3n) is 8.11. The van der Waals surface area contributed by atoms with Gasteiger partial charge in [0.15, 0.2) is 11.9 Å². The van der Waals surface area contributed by atoms with E-state index >= 15 is 4.39 Å². The fraction of sp³-hybridized carbons (Fsp3) is 0.412. The van der Waals surface area contributed by atoms with Crippen molar-refractivity contribution in [2.75, 3.05) is 0 Å². The number of rotatable bonds is 7. The molecule has 2 aromatic heterocycles. The van der Waals surface area contributed by atoms with Gasteiger partial charge in [-0.25, -0.2) is 14.0 Å². The van der Waals surface area contributed by atoms with Crippen molar-refractivity contribution in [1.82, 2.24) is 19.7 Å². The van der Waals surface area contributed by atoms with Crippen LogP contribution in [0, 0.1) is 0 Å². The molecule has 0 saturated carbocycles. The molecule has 0 aliphatic carbocycles. The van der Waals surface area contributed by atoms with Gasteiger partial charge < -0.3 is 18.6 Å². The van der Waals surface area contributed by atoms with Crippen LogP contribution in [0.25, 0.3) is 22.6 Å². The Bertz CT molecular complexity index is 1700. The van der Waals surface area contributed by atoms with Crippen molar-refractivity contribution >= 4 is 6.09 Å². The summed E-state index contributed by atoms with van der Waals surface area (Å²) in [6.07, 6.45) is 1.50. The third kappa shape index (κ3) is 6.72. The molecule has 236 valence electrons. The number of amides is 1. The van der Waals surface area contributed by atoms with Crippen LogP contribution in [0.2, 0.25) is 0 Å². The first-order chi connectivity index (χ1) is 21.6. The molecule has 2 aliphatic rings. The lowest BCUT2D eigenvalue weighted by Gasteiger charge is -2.49. The number of benzene rings is 2. The van der Waals surface area contributed by atoms with E-state index in [4.69, 9.17) is 18.6 Å². The SMILES string of the molecule is Cn1cc(-c2ccc(-c3ccc(OC4CC5CCCC(C4F)N5C(=O)OC(C)(C)C)nn3)c(OCc3ccccc3)c2)oc1=O. The second kappa shape index (κ2) is 12.4. The Hall–Kier alpha value is -4.67. The van der Waals surface area contributed by atoms with Gasteiger partial charge in [0.05, 0.1) is 17.9 Å². The number of aromatic nitrogens is 3. The Kier molecular flexibility index (Phi) is 8.35. The number of hydrogen-bond donors (Lipinski definition) is 0. The highest BCUT2D eigenvalue weighted by atomic mass is 19.1. The molecule has 11 heteroatoms. The second-order valence-corrected chi connectivity index (χ2v) is 12.6. The summed E-state index contributed by atoms with van der Waals surface area (Å²) in [4.78, 5) is 26.4. The van der Waals surface area contributed by atoms with Crippen LogP contribution in [0.5, 0.6) is 11.6 Å².